The molecule has 3 aromatic carbocycles. The Morgan fingerprint density at radius 2 is 1.56 bits per heavy atom. The highest BCUT2D eigenvalue weighted by atomic mass is 16.5. The van der Waals surface area contributed by atoms with E-state index < -0.39 is 12.0 Å². The molecule has 3 rings (SSSR count). The van der Waals surface area contributed by atoms with E-state index >= 15 is 0 Å². The third kappa shape index (κ3) is 6.60. The van der Waals surface area contributed by atoms with Crippen LogP contribution in [0, 0.1) is 0 Å². The lowest BCUT2D eigenvalue weighted by atomic mass is 10.0. The second kappa shape index (κ2) is 11.6. The van der Waals surface area contributed by atoms with Crippen LogP contribution in [0.15, 0.2) is 78.9 Å². The van der Waals surface area contributed by atoms with Crippen LogP contribution in [0.3, 0.4) is 0 Å². The highest BCUT2D eigenvalue weighted by Gasteiger charge is 2.19. The minimum Gasteiger partial charge on any atom is -0.497 e. The van der Waals surface area contributed by atoms with Crippen LogP contribution in [0.5, 0.6) is 11.5 Å². The molecule has 0 spiro atoms. The number of nitrogens with one attached hydrogen (secondary N) is 1. The van der Waals surface area contributed by atoms with Gasteiger partial charge in [0.1, 0.15) is 11.5 Å². The Morgan fingerprint density at radius 3 is 2.25 bits per heavy atom. The van der Waals surface area contributed by atoms with Gasteiger partial charge in [-0.3, -0.25) is 9.59 Å². The molecule has 0 fully saturated rings. The van der Waals surface area contributed by atoms with E-state index in [4.69, 9.17) is 14.2 Å². The lowest BCUT2D eigenvalue weighted by Crippen LogP contribution is -2.34. The van der Waals surface area contributed by atoms with Crippen molar-refractivity contribution in [2.45, 2.75) is 18.9 Å². The van der Waals surface area contributed by atoms with Gasteiger partial charge in [-0.1, -0.05) is 60.7 Å². The van der Waals surface area contributed by atoms with E-state index in [1.165, 1.54) is 7.11 Å². The summed E-state index contributed by atoms with van der Waals surface area (Å²) in [4.78, 5) is 24.5. The van der Waals surface area contributed by atoms with Gasteiger partial charge in [0.2, 0.25) is 0 Å². The summed E-state index contributed by atoms with van der Waals surface area (Å²) in [6, 6.07) is 24.4. The standard InChI is InChI=1S/C26H27NO5/c1-30-22-14-12-20(13-15-22)23(17-26(29)31-2)27-25(28)18-32-24-11-7-6-10-21(24)16-19-8-4-3-5-9-19/h3-15,23H,16-18H2,1-2H3,(H,27,28). The first-order chi connectivity index (χ1) is 15.6. The summed E-state index contributed by atoms with van der Waals surface area (Å²) < 4.78 is 15.8. The fourth-order valence-electron chi connectivity index (χ4n) is 3.32. The monoisotopic (exact) mass is 433 g/mol. The van der Waals surface area contributed by atoms with E-state index in [1.54, 1.807) is 19.2 Å². The summed E-state index contributed by atoms with van der Waals surface area (Å²) in [5.41, 5.74) is 2.92. The molecule has 0 bridgehead atoms. The number of hydrogen-bond acceptors (Lipinski definition) is 5. The van der Waals surface area contributed by atoms with E-state index in [0.29, 0.717) is 17.9 Å². The van der Waals surface area contributed by atoms with Gasteiger partial charge < -0.3 is 19.5 Å². The van der Waals surface area contributed by atoms with Crippen molar-refractivity contribution in [3.63, 3.8) is 0 Å². The molecule has 6 heteroatoms. The molecule has 0 radical (unpaired) electrons. The molecular formula is C26H27NO5. The topological polar surface area (TPSA) is 73.9 Å². The molecule has 0 saturated carbocycles. The summed E-state index contributed by atoms with van der Waals surface area (Å²) in [5, 5.41) is 2.87. The first-order valence-corrected chi connectivity index (χ1v) is 10.3. The number of hydrogen-bond donors (Lipinski definition) is 1. The van der Waals surface area contributed by atoms with E-state index in [2.05, 4.69) is 17.4 Å². The number of rotatable bonds is 10. The van der Waals surface area contributed by atoms with Crippen LogP contribution < -0.4 is 14.8 Å². The average Bonchev–Trinajstić information content (AvgIpc) is 2.83. The van der Waals surface area contributed by atoms with Gasteiger partial charge in [0.05, 0.1) is 26.7 Å². The van der Waals surface area contributed by atoms with Gasteiger partial charge >= 0.3 is 5.97 Å². The summed E-state index contributed by atoms with van der Waals surface area (Å²) in [7, 11) is 2.90. The Labute approximate surface area is 188 Å². The van der Waals surface area contributed by atoms with Crippen LogP contribution >= 0.6 is 0 Å². The average molecular weight is 434 g/mol. The first-order valence-electron chi connectivity index (χ1n) is 10.3. The number of carbonyl (C=O) groups excluding carboxylic acids is 2. The molecule has 1 N–H and O–H groups in total. The Kier molecular flexibility index (Phi) is 8.26. The summed E-state index contributed by atoms with van der Waals surface area (Å²) in [6.07, 6.45) is 0.717. The highest BCUT2D eigenvalue weighted by molar-refractivity contribution is 5.79. The third-order valence-electron chi connectivity index (χ3n) is 5.02. The maximum Gasteiger partial charge on any atom is 0.307 e. The van der Waals surface area contributed by atoms with Crippen molar-refractivity contribution >= 4 is 11.9 Å². The molecule has 0 heterocycles. The van der Waals surface area contributed by atoms with E-state index in [0.717, 1.165) is 16.7 Å². The normalized spacial score (nSPS) is 11.3. The second-order valence-electron chi connectivity index (χ2n) is 7.23. The number of benzene rings is 3. The number of ether oxygens (including phenoxy) is 3. The molecule has 3 aromatic rings. The summed E-state index contributed by atoms with van der Waals surface area (Å²) >= 11 is 0. The Bertz CT molecular complexity index is 1020. The molecule has 166 valence electrons. The molecule has 1 atom stereocenters. The number of esters is 1. The van der Waals surface area contributed by atoms with Crippen molar-refractivity contribution in [2.75, 3.05) is 20.8 Å². The summed E-state index contributed by atoms with van der Waals surface area (Å²) in [5.74, 6) is 0.597. The molecule has 1 unspecified atom stereocenters. The smallest absolute Gasteiger partial charge is 0.307 e. The first kappa shape index (κ1) is 22.9. The van der Waals surface area contributed by atoms with Gasteiger partial charge in [-0.15, -0.1) is 0 Å². The second-order valence-corrected chi connectivity index (χ2v) is 7.23. The van der Waals surface area contributed by atoms with Crippen LogP contribution in [0.4, 0.5) is 0 Å². The van der Waals surface area contributed by atoms with Crippen molar-refractivity contribution in [1.29, 1.82) is 0 Å². The number of carbonyl (C=O) groups is 2. The van der Waals surface area contributed by atoms with E-state index in [1.807, 2.05) is 54.6 Å². The van der Waals surface area contributed by atoms with Crippen molar-refractivity contribution in [2.24, 2.45) is 0 Å². The van der Waals surface area contributed by atoms with E-state index in [9.17, 15) is 9.59 Å². The fourth-order valence-corrected chi connectivity index (χ4v) is 3.32. The lowest BCUT2D eigenvalue weighted by Gasteiger charge is -2.19. The van der Waals surface area contributed by atoms with Gasteiger partial charge in [-0.2, -0.15) is 0 Å². The van der Waals surface area contributed by atoms with Crippen molar-refractivity contribution in [3.8, 4) is 11.5 Å². The summed E-state index contributed by atoms with van der Waals surface area (Å²) in [6.45, 7) is -0.167. The van der Waals surface area contributed by atoms with Crippen molar-refractivity contribution in [3.05, 3.63) is 95.6 Å². The molecule has 0 aromatic heterocycles. The van der Waals surface area contributed by atoms with Crippen LogP contribution in [-0.2, 0) is 20.7 Å². The van der Waals surface area contributed by atoms with Gasteiger partial charge in [-0.05, 0) is 34.9 Å². The van der Waals surface area contributed by atoms with Crippen LogP contribution in [0.25, 0.3) is 0 Å². The van der Waals surface area contributed by atoms with Crippen LogP contribution in [0.2, 0.25) is 0 Å². The quantitative estimate of drug-likeness (QED) is 0.488. The maximum atomic E-state index is 12.6. The van der Waals surface area contributed by atoms with Crippen LogP contribution in [-0.4, -0.2) is 32.7 Å². The minimum atomic E-state index is -0.538. The zero-order chi connectivity index (χ0) is 22.8. The third-order valence-corrected chi connectivity index (χ3v) is 5.02. The van der Waals surface area contributed by atoms with Crippen LogP contribution in [0.1, 0.15) is 29.2 Å². The Morgan fingerprint density at radius 1 is 0.875 bits per heavy atom. The number of methoxy groups -OCH3 is 2. The number of para-hydroxylation sites is 1. The SMILES string of the molecule is COC(=O)CC(NC(=O)COc1ccccc1Cc1ccccc1)c1ccc(OC)cc1. The Hall–Kier alpha value is -3.80. The predicted octanol–water partition coefficient (Wildman–Crippen LogP) is 4.09. The molecule has 32 heavy (non-hydrogen) atoms. The molecule has 0 aliphatic carbocycles. The minimum absolute atomic E-state index is 0.0131. The van der Waals surface area contributed by atoms with Gasteiger partial charge in [-0.25, -0.2) is 0 Å². The largest absolute Gasteiger partial charge is 0.497 e. The fraction of sp³-hybridized carbons (Fsp3) is 0.231. The molecule has 6 nitrogen and oxygen atoms in total. The molecule has 0 aliphatic heterocycles. The zero-order valence-electron chi connectivity index (χ0n) is 18.2. The highest BCUT2D eigenvalue weighted by Crippen LogP contribution is 2.23. The van der Waals surface area contributed by atoms with Crippen molar-refractivity contribution in [1.82, 2.24) is 5.32 Å². The van der Waals surface area contributed by atoms with Gasteiger partial charge in [0.15, 0.2) is 6.61 Å². The molecular weight excluding hydrogens is 406 g/mol. The molecule has 0 aliphatic rings. The lowest BCUT2D eigenvalue weighted by molar-refractivity contribution is -0.141. The zero-order valence-corrected chi connectivity index (χ0v) is 18.2. The van der Waals surface area contributed by atoms with Crippen molar-refractivity contribution < 1.29 is 23.8 Å². The van der Waals surface area contributed by atoms with Gasteiger partial charge in [0, 0.05) is 6.42 Å². The molecule has 1 amide bonds. The Balaban J connectivity index is 1.65. The van der Waals surface area contributed by atoms with E-state index in [-0.39, 0.29) is 18.9 Å². The predicted molar refractivity (Wildman–Crippen MR) is 122 cm³/mol. The van der Waals surface area contributed by atoms with Gasteiger partial charge in [0.25, 0.3) is 5.91 Å². The number of amides is 1. The maximum absolute atomic E-state index is 12.6. The molecule has 0 saturated heterocycles.